The van der Waals surface area contributed by atoms with Gasteiger partial charge in [-0.3, -0.25) is 4.79 Å². The lowest BCUT2D eigenvalue weighted by Crippen LogP contribution is -2.63. The van der Waals surface area contributed by atoms with Crippen LogP contribution in [-0.4, -0.2) is 57.2 Å². The molecule has 14 heavy (non-hydrogen) atoms. The van der Waals surface area contributed by atoms with Gasteiger partial charge in [0.2, 0.25) is 5.91 Å². The molecule has 1 rings (SSSR count). The van der Waals surface area contributed by atoms with Crippen LogP contribution >= 0.6 is 0 Å². The second kappa shape index (κ2) is 4.20. The zero-order chi connectivity index (χ0) is 10.9. The smallest absolute Gasteiger partial charge is 0.217 e. The minimum absolute atomic E-state index is 0.486. The number of amides is 1. The average molecular weight is 207 g/mol. The third-order valence-corrected chi connectivity index (χ3v) is 1.97. The molecule has 1 fully saturated rings. The first-order valence-corrected chi connectivity index (χ1v) is 4.08. The van der Waals surface area contributed by atoms with E-state index in [-0.39, 0.29) is 0 Å². The molecule has 1 heterocycles. The van der Waals surface area contributed by atoms with Crippen molar-refractivity contribution in [2.75, 3.05) is 0 Å². The van der Waals surface area contributed by atoms with E-state index in [0.29, 0.717) is 0 Å². The molecule has 5 N–H and O–H groups in total. The molecule has 1 aliphatic rings. The highest BCUT2D eigenvalue weighted by atomic mass is 16.7. The highest BCUT2D eigenvalue weighted by molar-refractivity contribution is 5.73. The molecule has 1 saturated heterocycles. The van der Waals surface area contributed by atoms with Crippen molar-refractivity contribution < 1.29 is 30.0 Å². The molecule has 0 spiro atoms. The van der Waals surface area contributed by atoms with Crippen LogP contribution in [0.2, 0.25) is 0 Å². The Bertz CT molecular complexity index is 222. The maximum atomic E-state index is 10.7. The van der Waals surface area contributed by atoms with Crippen molar-refractivity contribution in [1.82, 2.24) is 5.32 Å². The van der Waals surface area contributed by atoms with Crippen LogP contribution < -0.4 is 5.32 Å². The molecule has 7 nitrogen and oxygen atoms in total. The highest BCUT2D eigenvalue weighted by Crippen LogP contribution is 2.17. The van der Waals surface area contributed by atoms with Crippen LogP contribution in [0.15, 0.2) is 0 Å². The summed E-state index contributed by atoms with van der Waals surface area (Å²) in [7, 11) is 0. The van der Waals surface area contributed by atoms with Crippen molar-refractivity contribution in [2.45, 2.75) is 37.8 Å². The summed E-state index contributed by atoms with van der Waals surface area (Å²) in [4.78, 5) is 10.7. The molecule has 1 amide bonds. The number of ether oxygens (including phenoxy) is 1. The van der Waals surface area contributed by atoms with Gasteiger partial charge in [-0.1, -0.05) is 0 Å². The zero-order valence-electron chi connectivity index (χ0n) is 7.49. The molecule has 0 aliphatic carbocycles. The lowest BCUT2D eigenvalue weighted by Gasteiger charge is -2.38. The number of nitrogens with one attached hydrogen (secondary N) is 1. The fourth-order valence-corrected chi connectivity index (χ4v) is 1.25. The monoisotopic (exact) mass is 207 g/mol. The molecule has 0 radical (unpaired) electrons. The van der Waals surface area contributed by atoms with E-state index in [1.165, 1.54) is 6.92 Å². The van der Waals surface area contributed by atoms with Crippen LogP contribution in [-0.2, 0) is 9.53 Å². The van der Waals surface area contributed by atoms with Crippen LogP contribution in [0.25, 0.3) is 0 Å². The van der Waals surface area contributed by atoms with Gasteiger partial charge in [-0.05, 0) is 0 Å². The molecule has 0 aromatic rings. The van der Waals surface area contributed by atoms with Crippen LogP contribution in [0.5, 0.6) is 0 Å². The van der Waals surface area contributed by atoms with Crippen molar-refractivity contribution in [1.29, 1.82) is 0 Å². The standard InChI is InChI=1S/C7H13NO6/c1-2(9)8-3-4(10)5(11)7(13)14-6(3)12/h3-7,10-13H,1H3,(H,8,9)/t3-,4-,5+,6?,7+/m1/s1. The highest BCUT2D eigenvalue weighted by Gasteiger charge is 2.43. The Morgan fingerprint density at radius 1 is 1.14 bits per heavy atom. The van der Waals surface area contributed by atoms with Crippen LogP contribution in [0.1, 0.15) is 6.92 Å². The van der Waals surface area contributed by atoms with E-state index in [2.05, 4.69) is 10.1 Å². The summed E-state index contributed by atoms with van der Waals surface area (Å²) in [5, 5.41) is 38.9. The van der Waals surface area contributed by atoms with E-state index in [0.717, 1.165) is 0 Å². The SMILES string of the molecule is CC(=O)N[C@H]1C(O)O[C@H](O)[C@@H](O)[C@@H]1O. The van der Waals surface area contributed by atoms with Gasteiger partial charge in [-0.15, -0.1) is 0 Å². The van der Waals surface area contributed by atoms with Gasteiger partial charge in [0.25, 0.3) is 0 Å². The Kier molecular flexibility index (Phi) is 3.40. The molecule has 0 bridgehead atoms. The summed E-state index contributed by atoms with van der Waals surface area (Å²) >= 11 is 0. The zero-order valence-corrected chi connectivity index (χ0v) is 7.49. The molecule has 0 aromatic carbocycles. The van der Waals surface area contributed by atoms with Gasteiger partial charge in [0, 0.05) is 6.92 Å². The van der Waals surface area contributed by atoms with Gasteiger partial charge in [-0.2, -0.15) is 0 Å². The molecular formula is C7H13NO6. The van der Waals surface area contributed by atoms with Crippen LogP contribution in [0.3, 0.4) is 0 Å². The summed E-state index contributed by atoms with van der Waals surface area (Å²) in [5.41, 5.74) is 0. The average Bonchev–Trinajstić information content (AvgIpc) is 2.09. The Hall–Kier alpha value is -0.730. The second-order valence-electron chi connectivity index (χ2n) is 3.12. The summed E-state index contributed by atoms with van der Waals surface area (Å²) in [6.45, 7) is 1.19. The first-order valence-electron chi connectivity index (χ1n) is 4.08. The van der Waals surface area contributed by atoms with Crippen molar-refractivity contribution in [2.24, 2.45) is 0 Å². The summed E-state index contributed by atoms with van der Waals surface area (Å²) in [6.07, 6.45) is -6.25. The summed E-state index contributed by atoms with van der Waals surface area (Å²) in [6, 6.07) is -1.15. The molecular weight excluding hydrogens is 194 g/mol. The van der Waals surface area contributed by atoms with E-state index in [4.69, 9.17) is 10.2 Å². The molecule has 82 valence electrons. The number of carbonyl (C=O) groups is 1. The maximum absolute atomic E-state index is 10.7. The molecule has 7 heteroatoms. The van der Waals surface area contributed by atoms with Crippen molar-refractivity contribution in [3.63, 3.8) is 0 Å². The Morgan fingerprint density at radius 2 is 1.71 bits per heavy atom. The molecule has 0 aromatic heterocycles. The molecule has 0 saturated carbocycles. The van der Waals surface area contributed by atoms with Crippen molar-refractivity contribution in [3.05, 3.63) is 0 Å². The first-order chi connectivity index (χ1) is 6.43. The Balaban J connectivity index is 2.68. The normalized spacial score (nSPS) is 43.4. The van der Waals surface area contributed by atoms with Gasteiger partial charge in [0.05, 0.1) is 0 Å². The van der Waals surface area contributed by atoms with E-state index in [1.54, 1.807) is 0 Å². The predicted octanol–water partition coefficient (Wildman–Crippen LogP) is -3.12. The van der Waals surface area contributed by atoms with Gasteiger partial charge in [0.15, 0.2) is 12.6 Å². The topological polar surface area (TPSA) is 119 Å². The largest absolute Gasteiger partial charge is 0.388 e. The fourth-order valence-electron chi connectivity index (χ4n) is 1.25. The quantitative estimate of drug-likeness (QED) is 0.310. The lowest BCUT2D eigenvalue weighted by atomic mass is 10.0. The van der Waals surface area contributed by atoms with Gasteiger partial charge in [-0.25, -0.2) is 0 Å². The van der Waals surface area contributed by atoms with Crippen molar-refractivity contribution in [3.8, 4) is 0 Å². The number of hydrogen-bond donors (Lipinski definition) is 5. The molecule has 5 atom stereocenters. The molecule has 1 unspecified atom stereocenters. The molecule has 1 aliphatic heterocycles. The van der Waals surface area contributed by atoms with Gasteiger partial charge < -0.3 is 30.5 Å². The minimum Gasteiger partial charge on any atom is -0.388 e. The van der Waals surface area contributed by atoms with E-state index < -0.39 is 36.7 Å². The third kappa shape index (κ3) is 2.20. The number of aliphatic hydroxyl groups is 4. The van der Waals surface area contributed by atoms with E-state index in [9.17, 15) is 15.0 Å². The second-order valence-corrected chi connectivity index (χ2v) is 3.12. The van der Waals surface area contributed by atoms with E-state index in [1.807, 2.05) is 0 Å². The Labute approximate surface area is 79.9 Å². The maximum Gasteiger partial charge on any atom is 0.217 e. The number of rotatable bonds is 1. The third-order valence-electron chi connectivity index (χ3n) is 1.97. The summed E-state index contributed by atoms with van der Waals surface area (Å²) in [5.74, 6) is -0.486. The predicted molar refractivity (Wildman–Crippen MR) is 42.7 cm³/mol. The first kappa shape index (κ1) is 11.3. The summed E-state index contributed by atoms with van der Waals surface area (Å²) < 4.78 is 4.47. The van der Waals surface area contributed by atoms with Gasteiger partial charge >= 0.3 is 0 Å². The minimum atomic E-state index is -1.66. The van der Waals surface area contributed by atoms with Crippen LogP contribution in [0.4, 0.5) is 0 Å². The lowest BCUT2D eigenvalue weighted by molar-refractivity contribution is -0.303. The van der Waals surface area contributed by atoms with Gasteiger partial charge in [0.1, 0.15) is 18.2 Å². The number of aliphatic hydroxyl groups excluding tert-OH is 4. The number of carbonyl (C=O) groups excluding carboxylic acids is 1. The Morgan fingerprint density at radius 3 is 2.21 bits per heavy atom. The van der Waals surface area contributed by atoms with Crippen LogP contribution in [0, 0.1) is 0 Å². The van der Waals surface area contributed by atoms with E-state index >= 15 is 0 Å². The number of hydrogen-bond acceptors (Lipinski definition) is 6. The van der Waals surface area contributed by atoms with Crippen molar-refractivity contribution >= 4 is 5.91 Å². The fraction of sp³-hybridized carbons (Fsp3) is 0.857.